The molecule has 0 aliphatic carbocycles. The quantitative estimate of drug-likeness (QED) is 0.428. The van der Waals surface area contributed by atoms with Gasteiger partial charge >= 0.3 is 0 Å². The third kappa shape index (κ3) is 19.7. The van der Waals surface area contributed by atoms with Crippen molar-refractivity contribution in [1.29, 1.82) is 0 Å². The highest BCUT2D eigenvalue weighted by Crippen LogP contribution is 2.21. The molecule has 2 nitrogen and oxygen atoms in total. The van der Waals surface area contributed by atoms with Gasteiger partial charge in [-0.25, -0.2) is 0 Å². The van der Waals surface area contributed by atoms with Crippen molar-refractivity contribution >= 4 is 0 Å². The van der Waals surface area contributed by atoms with Gasteiger partial charge in [0.2, 0.25) is 0 Å². The van der Waals surface area contributed by atoms with Gasteiger partial charge in [-0.05, 0) is 51.4 Å². The highest BCUT2D eigenvalue weighted by molar-refractivity contribution is 4.76. The van der Waals surface area contributed by atoms with Crippen LogP contribution in [0.4, 0.5) is 0 Å². The molecule has 0 aromatic carbocycles. The molecule has 134 valence electrons. The van der Waals surface area contributed by atoms with Crippen molar-refractivity contribution in [2.75, 3.05) is 19.8 Å². The summed E-state index contributed by atoms with van der Waals surface area (Å²) < 4.78 is 11.0. The summed E-state index contributed by atoms with van der Waals surface area (Å²) in [6.45, 7) is 23.7. The molecule has 0 heterocycles. The van der Waals surface area contributed by atoms with Gasteiger partial charge in [0.15, 0.2) is 0 Å². The third-order valence-electron chi connectivity index (χ3n) is 3.30. The van der Waals surface area contributed by atoms with Gasteiger partial charge in [0.25, 0.3) is 0 Å². The largest absolute Gasteiger partial charge is 0.381 e. The first kappa shape index (κ1) is 23.9. The van der Waals surface area contributed by atoms with E-state index in [9.17, 15) is 0 Å². The van der Waals surface area contributed by atoms with E-state index in [0.717, 1.165) is 26.2 Å². The summed E-state index contributed by atoms with van der Waals surface area (Å²) in [7, 11) is 0. The number of rotatable bonds is 11. The van der Waals surface area contributed by atoms with Crippen molar-refractivity contribution < 1.29 is 9.47 Å². The fourth-order valence-electron chi connectivity index (χ4n) is 1.79. The second kappa shape index (κ2) is 14.3. The Kier molecular flexibility index (Phi) is 15.5. The summed E-state index contributed by atoms with van der Waals surface area (Å²) in [6, 6.07) is 0. The summed E-state index contributed by atoms with van der Waals surface area (Å²) in [4.78, 5) is 0. The summed E-state index contributed by atoms with van der Waals surface area (Å²) in [5, 5.41) is 0. The van der Waals surface area contributed by atoms with Gasteiger partial charge in [-0.1, -0.05) is 47.1 Å². The predicted octanol–water partition coefficient (Wildman–Crippen LogP) is 6.11. The van der Waals surface area contributed by atoms with E-state index >= 15 is 0 Å². The Morgan fingerprint density at radius 1 is 1.00 bits per heavy atom. The molecular formula is C20H42O2. The molecule has 2 heteroatoms. The average molecular weight is 315 g/mol. The monoisotopic (exact) mass is 314 g/mol. The zero-order chi connectivity index (χ0) is 17.6. The van der Waals surface area contributed by atoms with E-state index in [-0.39, 0.29) is 5.60 Å². The van der Waals surface area contributed by atoms with Crippen LogP contribution in [0.3, 0.4) is 0 Å². The Morgan fingerprint density at radius 2 is 1.55 bits per heavy atom. The summed E-state index contributed by atoms with van der Waals surface area (Å²) in [5.41, 5.74) is 0.0329. The first-order valence-corrected chi connectivity index (χ1v) is 8.98. The molecule has 0 saturated heterocycles. The van der Waals surface area contributed by atoms with Gasteiger partial charge in [-0.2, -0.15) is 0 Å². The van der Waals surface area contributed by atoms with Gasteiger partial charge in [0.1, 0.15) is 0 Å². The minimum absolute atomic E-state index is 0.0329. The van der Waals surface area contributed by atoms with Gasteiger partial charge in [-0.3, -0.25) is 0 Å². The molecular weight excluding hydrogens is 272 g/mol. The molecule has 0 amide bonds. The normalized spacial score (nSPS) is 13.0. The van der Waals surface area contributed by atoms with Crippen LogP contribution >= 0.6 is 0 Å². The van der Waals surface area contributed by atoms with Gasteiger partial charge in [-0.15, -0.1) is 6.58 Å². The Balaban J connectivity index is 0. The SMILES string of the molecule is C=CC(C)CCCC(C)(C)OCC(C)C.CCOCC(C)C. The molecule has 0 saturated carbocycles. The maximum atomic E-state index is 5.88. The molecule has 0 bridgehead atoms. The van der Waals surface area contributed by atoms with E-state index in [0.29, 0.717) is 17.8 Å². The highest BCUT2D eigenvalue weighted by Gasteiger charge is 2.18. The Hall–Kier alpha value is -0.340. The fraction of sp³-hybridized carbons (Fsp3) is 0.900. The van der Waals surface area contributed by atoms with E-state index in [1.165, 1.54) is 12.8 Å². The standard InChI is InChI=1S/C14H28O.C6H14O/c1-7-13(4)9-8-10-14(5,6)15-11-12(2)3;1-4-7-5-6(2)3/h7,12-13H,1,8-11H2,2-6H3;6H,4-5H2,1-3H3. The second-order valence-electron chi connectivity index (χ2n) is 7.62. The summed E-state index contributed by atoms with van der Waals surface area (Å²) in [5.74, 6) is 1.93. The van der Waals surface area contributed by atoms with Gasteiger partial charge in [0, 0.05) is 19.8 Å². The summed E-state index contributed by atoms with van der Waals surface area (Å²) in [6.07, 6.45) is 5.61. The number of ether oxygens (including phenoxy) is 2. The van der Waals surface area contributed by atoms with E-state index in [1.54, 1.807) is 0 Å². The number of hydrogen-bond donors (Lipinski definition) is 0. The van der Waals surface area contributed by atoms with Crippen LogP contribution in [0.15, 0.2) is 12.7 Å². The lowest BCUT2D eigenvalue weighted by molar-refractivity contribution is -0.0376. The van der Waals surface area contributed by atoms with Crippen molar-refractivity contribution in [2.24, 2.45) is 17.8 Å². The lowest BCUT2D eigenvalue weighted by Gasteiger charge is -2.26. The van der Waals surface area contributed by atoms with E-state index in [2.05, 4.69) is 55.0 Å². The van der Waals surface area contributed by atoms with Crippen LogP contribution in [0.25, 0.3) is 0 Å². The first-order chi connectivity index (χ1) is 10.1. The number of hydrogen-bond acceptors (Lipinski definition) is 2. The third-order valence-corrected chi connectivity index (χ3v) is 3.30. The Labute approximate surface area is 140 Å². The molecule has 0 aliphatic heterocycles. The Bertz CT molecular complexity index is 244. The minimum atomic E-state index is 0.0329. The van der Waals surface area contributed by atoms with Crippen LogP contribution in [0.2, 0.25) is 0 Å². The molecule has 0 aromatic heterocycles. The molecule has 22 heavy (non-hydrogen) atoms. The lowest BCUT2D eigenvalue weighted by atomic mass is 9.96. The molecule has 0 aliphatic rings. The van der Waals surface area contributed by atoms with E-state index in [1.807, 2.05) is 13.0 Å². The summed E-state index contributed by atoms with van der Waals surface area (Å²) >= 11 is 0. The van der Waals surface area contributed by atoms with Crippen molar-refractivity contribution in [3.8, 4) is 0 Å². The van der Waals surface area contributed by atoms with Gasteiger partial charge < -0.3 is 9.47 Å². The predicted molar refractivity (Wildman–Crippen MR) is 99.4 cm³/mol. The molecule has 0 rings (SSSR count). The average Bonchev–Trinajstić information content (AvgIpc) is 2.43. The van der Waals surface area contributed by atoms with Crippen LogP contribution in [-0.4, -0.2) is 25.4 Å². The molecule has 0 spiro atoms. The van der Waals surface area contributed by atoms with E-state index < -0.39 is 0 Å². The van der Waals surface area contributed by atoms with Crippen LogP contribution in [0.1, 0.15) is 74.7 Å². The highest BCUT2D eigenvalue weighted by atomic mass is 16.5. The van der Waals surface area contributed by atoms with Crippen molar-refractivity contribution in [3.05, 3.63) is 12.7 Å². The second-order valence-corrected chi connectivity index (χ2v) is 7.62. The zero-order valence-electron chi connectivity index (χ0n) is 16.6. The van der Waals surface area contributed by atoms with Crippen LogP contribution in [0, 0.1) is 17.8 Å². The maximum Gasteiger partial charge on any atom is 0.0626 e. The molecule has 1 unspecified atom stereocenters. The van der Waals surface area contributed by atoms with Crippen LogP contribution < -0.4 is 0 Å². The lowest BCUT2D eigenvalue weighted by Crippen LogP contribution is -2.26. The Morgan fingerprint density at radius 3 is 1.91 bits per heavy atom. The topological polar surface area (TPSA) is 18.5 Å². The van der Waals surface area contributed by atoms with Crippen molar-refractivity contribution in [3.63, 3.8) is 0 Å². The first-order valence-electron chi connectivity index (χ1n) is 8.98. The van der Waals surface area contributed by atoms with Crippen molar-refractivity contribution in [1.82, 2.24) is 0 Å². The van der Waals surface area contributed by atoms with Gasteiger partial charge in [0.05, 0.1) is 5.60 Å². The molecule has 0 N–H and O–H groups in total. The van der Waals surface area contributed by atoms with Crippen molar-refractivity contribution in [2.45, 2.75) is 80.3 Å². The van der Waals surface area contributed by atoms with Crippen LogP contribution in [-0.2, 0) is 9.47 Å². The van der Waals surface area contributed by atoms with Crippen LogP contribution in [0.5, 0.6) is 0 Å². The number of allylic oxidation sites excluding steroid dienone is 1. The zero-order valence-corrected chi connectivity index (χ0v) is 16.6. The molecule has 1 atom stereocenters. The minimum Gasteiger partial charge on any atom is -0.381 e. The van der Waals surface area contributed by atoms with E-state index in [4.69, 9.17) is 9.47 Å². The fourth-order valence-corrected chi connectivity index (χ4v) is 1.79. The maximum absolute atomic E-state index is 5.88. The molecule has 0 radical (unpaired) electrons. The smallest absolute Gasteiger partial charge is 0.0626 e. The molecule has 0 aromatic rings. The molecule has 0 fully saturated rings.